The number of aromatic nitrogens is 5. The Hall–Kier alpha value is -4.37. The normalized spacial score (nSPS) is 11.8. The molecule has 0 aliphatic heterocycles. The van der Waals surface area contributed by atoms with Gasteiger partial charge >= 0.3 is 0 Å². The zero-order chi connectivity index (χ0) is 24.5. The maximum Gasteiger partial charge on any atom is 0.295 e. The van der Waals surface area contributed by atoms with Gasteiger partial charge in [-0.1, -0.05) is 42.2 Å². The van der Waals surface area contributed by atoms with Crippen molar-refractivity contribution < 1.29 is 4.74 Å². The maximum atomic E-state index is 13.0. The summed E-state index contributed by atoms with van der Waals surface area (Å²) in [4.78, 5) is 29.2. The molecule has 0 saturated heterocycles. The van der Waals surface area contributed by atoms with Crippen LogP contribution in [-0.2, 0) is 0 Å². The fourth-order valence-corrected chi connectivity index (χ4v) is 4.56. The van der Waals surface area contributed by atoms with Gasteiger partial charge < -0.3 is 4.74 Å². The molecule has 35 heavy (non-hydrogen) atoms. The molecular formula is C26H21N5O3S. The fraction of sp³-hybridized carbons (Fsp3) is 0.115. The molecule has 0 aliphatic rings. The first-order valence-corrected chi connectivity index (χ1v) is 11.7. The van der Waals surface area contributed by atoms with Crippen LogP contribution in [0.15, 0.2) is 77.0 Å². The van der Waals surface area contributed by atoms with Crippen molar-refractivity contribution in [2.75, 3.05) is 6.61 Å². The third kappa shape index (κ3) is 4.29. The smallest absolute Gasteiger partial charge is 0.295 e. The van der Waals surface area contributed by atoms with Gasteiger partial charge in [-0.15, -0.1) is 0 Å². The molecule has 3 aromatic heterocycles. The molecule has 174 valence electrons. The van der Waals surface area contributed by atoms with Crippen molar-refractivity contribution in [3.05, 3.63) is 109 Å². The van der Waals surface area contributed by atoms with E-state index in [1.807, 2.05) is 61.7 Å². The fourth-order valence-electron chi connectivity index (χ4n) is 3.67. The summed E-state index contributed by atoms with van der Waals surface area (Å²) in [7, 11) is 0. The van der Waals surface area contributed by atoms with Gasteiger partial charge in [0.15, 0.2) is 0 Å². The minimum atomic E-state index is -0.440. The lowest BCUT2D eigenvalue weighted by molar-refractivity contribution is 0.361. The van der Waals surface area contributed by atoms with Crippen molar-refractivity contribution in [3.63, 3.8) is 0 Å². The van der Waals surface area contributed by atoms with Crippen LogP contribution in [0, 0.1) is 13.8 Å². The van der Waals surface area contributed by atoms with E-state index in [1.54, 1.807) is 16.8 Å². The third-order valence-corrected chi connectivity index (χ3v) is 6.36. The van der Waals surface area contributed by atoms with Gasteiger partial charge in [0.25, 0.3) is 11.1 Å². The Bertz CT molecular complexity index is 1730. The standard InChI is InChI=1S/C26H21N5O3S/c1-4-12-34-21-11-10-18(13-16(21)2)23-19(15-30(29-23)20-8-6-5-7-9-20)14-22-25(33)31-26(35-22)27-24(32)17(3)28-31/h4-11,13-15H,1,12H2,2-3H3/b22-14-. The van der Waals surface area contributed by atoms with E-state index in [1.165, 1.54) is 11.4 Å². The van der Waals surface area contributed by atoms with E-state index in [-0.39, 0.29) is 16.2 Å². The zero-order valence-corrected chi connectivity index (χ0v) is 20.0. The summed E-state index contributed by atoms with van der Waals surface area (Å²) >= 11 is 1.12. The molecule has 0 N–H and O–H groups in total. The molecule has 0 unspecified atom stereocenters. The molecule has 0 radical (unpaired) electrons. The molecule has 0 fully saturated rings. The number of ether oxygens (including phenoxy) is 1. The van der Waals surface area contributed by atoms with Crippen molar-refractivity contribution in [1.82, 2.24) is 24.4 Å². The lowest BCUT2D eigenvalue weighted by Gasteiger charge is -2.08. The molecule has 0 spiro atoms. The highest BCUT2D eigenvalue weighted by atomic mass is 32.1. The van der Waals surface area contributed by atoms with Crippen LogP contribution in [0.4, 0.5) is 0 Å². The molecule has 0 amide bonds. The van der Waals surface area contributed by atoms with Crippen LogP contribution in [0.25, 0.3) is 28.0 Å². The van der Waals surface area contributed by atoms with Crippen LogP contribution in [-0.4, -0.2) is 31.0 Å². The Labute approximate surface area is 204 Å². The number of benzene rings is 2. The Morgan fingerprint density at radius 2 is 1.89 bits per heavy atom. The highest BCUT2D eigenvalue weighted by Crippen LogP contribution is 2.29. The van der Waals surface area contributed by atoms with Crippen LogP contribution in [0.3, 0.4) is 0 Å². The first-order chi connectivity index (χ1) is 16.9. The van der Waals surface area contributed by atoms with Gasteiger partial charge in [-0.25, -0.2) is 4.68 Å². The summed E-state index contributed by atoms with van der Waals surface area (Å²) in [5.74, 6) is 0.769. The summed E-state index contributed by atoms with van der Waals surface area (Å²) in [5, 5.41) is 8.93. The molecule has 0 saturated carbocycles. The Morgan fingerprint density at radius 3 is 2.63 bits per heavy atom. The van der Waals surface area contributed by atoms with E-state index in [0.29, 0.717) is 16.8 Å². The summed E-state index contributed by atoms with van der Waals surface area (Å²) in [6.07, 6.45) is 5.34. The molecule has 0 aliphatic carbocycles. The molecule has 8 nitrogen and oxygen atoms in total. The van der Waals surface area contributed by atoms with Gasteiger partial charge in [-0.05, 0) is 55.8 Å². The molecule has 3 heterocycles. The van der Waals surface area contributed by atoms with Gasteiger partial charge in [-0.2, -0.15) is 19.7 Å². The minimum Gasteiger partial charge on any atom is -0.489 e. The molecule has 5 rings (SSSR count). The number of aryl methyl sites for hydroxylation is 2. The topological polar surface area (TPSA) is 91.4 Å². The predicted octanol–water partition coefficient (Wildman–Crippen LogP) is 3.09. The van der Waals surface area contributed by atoms with Crippen molar-refractivity contribution in [1.29, 1.82) is 0 Å². The van der Waals surface area contributed by atoms with Crippen LogP contribution in [0.1, 0.15) is 16.8 Å². The first kappa shape index (κ1) is 22.4. The van der Waals surface area contributed by atoms with Crippen LogP contribution in [0.5, 0.6) is 5.75 Å². The average Bonchev–Trinajstić information content (AvgIpc) is 3.41. The highest BCUT2D eigenvalue weighted by molar-refractivity contribution is 7.15. The van der Waals surface area contributed by atoms with Gasteiger partial charge in [0.2, 0.25) is 4.96 Å². The summed E-state index contributed by atoms with van der Waals surface area (Å²) < 4.78 is 9.07. The number of para-hydroxylation sites is 1. The van der Waals surface area contributed by atoms with E-state index in [9.17, 15) is 9.59 Å². The molecule has 0 bridgehead atoms. The van der Waals surface area contributed by atoms with Gasteiger partial charge in [0.1, 0.15) is 23.7 Å². The average molecular weight is 484 g/mol. The van der Waals surface area contributed by atoms with E-state index in [2.05, 4.69) is 16.7 Å². The van der Waals surface area contributed by atoms with E-state index >= 15 is 0 Å². The number of fused-ring (bicyclic) bond motifs is 1. The molecule has 0 atom stereocenters. The van der Waals surface area contributed by atoms with Crippen molar-refractivity contribution in [2.45, 2.75) is 13.8 Å². The number of rotatable bonds is 6. The number of thiazole rings is 1. The van der Waals surface area contributed by atoms with Gasteiger partial charge in [-0.3, -0.25) is 9.59 Å². The van der Waals surface area contributed by atoms with E-state index in [4.69, 9.17) is 9.84 Å². The lowest BCUT2D eigenvalue weighted by atomic mass is 10.0. The third-order valence-electron chi connectivity index (χ3n) is 5.40. The Morgan fingerprint density at radius 1 is 1.09 bits per heavy atom. The van der Waals surface area contributed by atoms with Crippen molar-refractivity contribution in [3.8, 4) is 22.7 Å². The van der Waals surface area contributed by atoms with Crippen LogP contribution in [0.2, 0.25) is 0 Å². The van der Waals surface area contributed by atoms with E-state index in [0.717, 1.165) is 39.5 Å². The molecular weight excluding hydrogens is 462 g/mol. The SMILES string of the molecule is C=CCOc1ccc(-c2nn(-c3ccccc3)cc2/C=c2\sc3nc(=O)c(C)nn3c2=O)cc1C. The second-order valence-corrected chi connectivity index (χ2v) is 8.91. The largest absolute Gasteiger partial charge is 0.489 e. The van der Waals surface area contributed by atoms with Crippen LogP contribution >= 0.6 is 11.3 Å². The van der Waals surface area contributed by atoms with Gasteiger partial charge in [0.05, 0.1) is 10.2 Å². The second kappa shape index (κ2) is 9.11. The summed E-state index contributed by atoms with van der Waals surface area (Å²) in [6, 6.07) is 15.6. The van der Waals surface area contributed by atoms with Crippen molar-refractivity contribution >= 4 is 22.4 Å². The maximum absolute atomic E-state index is 13.0. The van der Waals surface area contributed by atoms with Gasteiger partial charge in [0, 0.05) is 17.3 Å². The number of hydrogen-bond acceptors (Lipinski definition) is 7. The first-order valence-electron chi connectivity index (χ1n) is 10.9. The minimum absolute atomic E-state index is 0.177. The zero-order valence-electron chi connectivity index (χ0n) is 19.1. The molecule has 9 heteroatoms. The monoisotopic (exact) mass is 483 g/mol. The Balaban J connectivity index is 1.70. The number of nitrogens with zero attached hydrogens (tertiary/aromatic N) is 5. The molecule has 2 aromatic carbocycles. The predicted molar refractivity (Wildman–Crippen MR) is 136 cm³/mol. The molecule has 5 aromatic rings. The lowest BCUT2D eigenvalue weighted by Crippen LogP contribution is -2.27. The summed E-state index contributed by atoms with van der Waals surface area (Å²) in [5.41, 5.74) is 3.58. The summed E-state index contributed by atoms with van der Waals surface area (Å²) in [6.45, 7) is 7.62. The Kier molecular flexibility index (Phi) is 5.84. The van der Waals surface area contributed by atoms with Crippen LogP contribution < -0.4 is 20.4 Å². The van der Waals surface area contributed by atoms with E-state index < -0.39 is 5.56 Å². The van der Waals surface area contributed by atoms with Crippen molar-refractivity contribution in [2.24, 2.45) is 0 Å². The second-order valence-electron chi connectivity index (χ2n) is 7.91. The number of hydrogen-bond donors (Lipinski definition) is 0. The highest BCUT2D eigenvalue weighted by Gasteiger charge is 2.15. The quantitative estimate of drug-likeness (QED) is 0.345.